The Balaban J connectivity index is 2.09. The highest BCUT2D eigenvalue weighted by Gasteiger charge is 2.45. The summed E-state index contributed by atoms with van der Waals surface area (Å²) in [6.07, 6.45) is 0.650. The van der Waals surface area contributed by atoms with Crippen molar-refractivity contribution in [1.29, 1.82) is 0 Å². The Hall–Kier alpha value is -3.19. The van der Waals surface area contributed by atoms with E-state index in [4.69, 9.17) is 4.74 Å². The molecule has 7 heteroatoms. The molecule has 1 unspecified atom stereocenters. The van der Waals surface area contributed by atoms with E-state index < -0.39 is 23.5 Å². The van der Waals surface area contributed by atoms with Gasteiger partial charge in [0.05, 0.1) is 18.7 Å². The first-order chi connectivity index (χ1) is 14.3. The predicted molar refractivity (Wildman–Crippen MR) is 112 cm³/mol. The van der Waals surface area contributed by atoms with E-state index in [9.17, 15) is 19.1 Å². The SMILES string of the molecule is COc1cccc(C(O)=C2C(=O)C(=O)N(CCCN(C)C)C2c2ccc(F)cc2)c1. The third-order valence-corrected chi connectivity index (χ3v) is 5.07. The Labute approximate surface area is 175 Å². The lowest BCUT2D eigenvalue weighted by Gasteiger charge is -2.26. The number of aliphatic hydroxyl groups is 1. The van der Waals surface area contributed by atoms with Crippen LogP contribution in [0.3, 0.4) is 0 Å². The van der Waals surface area contributed by atoms with Crippen molar-refractivity contribution in [3.8, 4) is 5.75 Å². The van der Waals surface area contributed by atoms with Gasteiger partial charge < -0.3 is 19.6 Å². The summed E-state index contributed by atoms with van der Waals surface area (Å²) in [7, 11) is 5.35. The lowest BCUT2D eigenvalue weighted by molar-refractivity contribution is -0.139. The fourth-order valence-corrected chi connectivity index (χ4v) is 3.59. The molecule has 1 atom stereocenters. The number of Topliss-reactive ketones (excluding diaryl/α,β-unsaturated/α-hetero) is 1. The number of likely N-dealkylation sites (tertiary alicyclic amines) is 1. The van der Waals surface area contributed by atoms with Crippen LogP contribution in [0.4, 0.5) is 4.39 Å². The summed E-state index contributed by atoms with van der Waals surface area (Å²) in [5, 5.41) is 11.0. The van der Waals surface area contributed by atoms with Gasteiger partial charge in [-0.2, -0.15) is 0 Å². The molecule has 1 heterocycles. The van der Waals surface area contributed by atoms with Crippen molar-refractivity contribution in [3.05, 3.63) is 71.0 Å². The Bertz CT molecular complexity index is 969. The van der Waals surface area contributed by atoms with Gasteiger partial charge in [-0.25, -0.2) is 4.39 Å². The van der Waals surface area contributed by atoms with Crippen LogP contribution >= 0.6 is 0 Å². The highest BCUT2D eigenvalue weighted by molar-refractivity contribution is 6.46. The molecule has 3 rings (SSSR count). The average Bonchev–Trinajstić information content (AvgIpc) is 2.98. The molecule has 6 nitrogen and oxygen atoms in total. The molecule has 0 bridgehead atoms. The zero-order chi connectivity index (χ0) is 21.8. The molecule has 0 aliphatic carbocycles. The fraction of sp³-hybridized carbons (Fsp3) is 0.304. The normalized spacial score (nSPS) is 18.3. The predicted octanol–water partition coefficient (Wildman–Crippen LogP) is 3.21. The van der Waals surface area contributed by atoms with Gasteiger partial charge in [0.1, 0.15) is 17.3 Å². The van der Waals surface area contributed by atoms with Crippen molar-refractivity contribution in [2.45, 2.75) is 12.5 Å². The van der Waals surface area contributed by atoms with E-state index in [0.29, 0.717) is 29.8 Å². The van der Waals surface area contributed by atoms with Crippen LogP contribution in [0.25, 0.3) is 5.76 Å². The summed E-state index contributed by atoms with van der Waals surface area (Å²) in [5.41, 5.74) is 0.919. The Morgan fingerprint density at radius 2 is 1.87 bits per heavy atom. The maximum atomic E-state index is 13.5. The van der Waals surface area contributed by atoms with Crippen LogP contribution in [0.15, 0.2) is 54.1 Å². The maximum Gasteiger partial charge on any atom is 0.295 e. The second-order valence-corrected chi connectivity index (χ2v) is 7.43. The maximum absolute atomic E-state index is 13.5. The Morgan fingerprint density at radius 1 is 1.17 bits per heavy atom. The minimum absolute atomic E-state index is 0.00952. The third kappa shape index (κ3) is 4.36. The molecule has 1 amide bonds. The molecule has 2 aromatic carbocycles. The van der Waals surface area contributed by atoms with Crippen molar-refractivity contribution in [1.82, 2.24) is 9.80 Å². The van der Waals surface area contributed by atoms with Crippen molar-refractivity contribution < 1.29 is 23.8 Å². The topological polar surface area (TPSA) is 70.1 Å². The van der Waals surface area contributed by atoms with E-state index >= 15 is 0 Å². The van der Waals surface area contributed by atoms with Crippen molar-refractivity contribution >= 4 is 17.4 Å². The number of halogens is 1. The molecule has 1 aliphatic heterocycles. The number of methoxy groups -OCH3 is 1. The molecule has 1 N–H and O–H groups in total. The van der Waals surface area contributed by atoms with Crippen LogP contribution in [0.1, 0.15) is 23.6 Å². The van der Waals surface area contributed by atoms with Gasteiger partial charge >= 0.3 is 0 Å². The van der Waals surface area contributed by atoms with Gasteiger partial charge in [0, 0.05) is 12.1 Å². The molecular formula is C23H25FN2O4. The molecule has 1 aliphatic rings. The van der Waals surface area contributed by atoms with E-state index in [0.717, 1.165) is 6.54 Å². The summed E-state index contributed by atoms with van der Waals surface area (Å²) in [6.45, 7) is 1.06. The molecule has 30 heavy (non-hydrogen) atoms. The number of hydrogen-bond acceptors (Lipinski definition) is 5. The quantitative estimate of drug-likeness (QED) is 0.430. The Kier molecular flexibility index (Phi) is 6.52. The number of carbonyl (C=O) groups is 2. The highest BCUT2D eigenvalue weighted by atomic mass is 19.1. The zero-order valence-corrected chi connectivity index (χ0v) is 17.3. The number of benzene rings is 2. The van der Waals surface area contributed by atoms with Gasteiger partial charge in [0.15, 0.2) is 0 Å². The molecule has 1 fully saturated rings. The zero-order valence-electron chi connectivity index (χ0n) is 17.3. The first-order valence-electron chi connectivity index (χ1n) is 9.66. The van der Waals surface area contributed by atoms with Crippen molar-refractivity contribution in [3.63, 3.8) is 0 Å². The molecule has 1 saturated heterocycles. The third-order valence-electron chi connectivity index (χ3n) is 5.07. The van der Waals surface area contributed by atoms with Crippen LogP contribution < -0.4 is 4.74 Å². The highest BCUT2D eigenvalue weighted by Crippen LogP contribution is 2.39. The number of hydrogen-bond donors (Lipinski definition) is 1. The summed E-state index contributed by atoms with van der Waals surface area (Å²) >= 11 is 0. The molecule has 0 aromatic heterocycles. The minimum Gasteiger partial charge on any atom is -0.507 e. The average molecular weight is 412 g/mol. The van der Waals surface area contributed by atoms with E-state index in [1.165, 1.54) is 36.3 Å². The molecule has 2 aromatic rings. The van der Waals surface area contributed by atoms with E-state index in [1.807, 2.05) is 19.0 Å². The van der Waals surface area contributed by atoms with Gasteiger partial charge in [-0.3, -0.25) is 9.59 Å². The molecule has 0 radical (unpaired) electrons. The van der Waals surface area contributed by atoms with E-state index in [1.54, 1.807) is 24.3 Å². The number of rotatable bonds is 7. The number of amides is 1. The molecule has 0 saturated carbocycles. The Morgan fingerprint density at radius 3 is 2.50 bits per heavy atom. The molecule has 0 spiro atoms. The van der Waals surface area contributed by atoms with Gasteiger partial charge in [0.25, 0.3) is 11.7 Å². The van der Waals surface area contributed by atoms with Gasteiger partial charge in [-0.1, -0.05) is 24.3 Å². The summed E-state index contributed by atoms with van der Waals surface area (Å²) in [4.78, 5) is 29.2. The number of carbonyl (C=O) groups excluding carboxylic acids is 2. The number of aliphatic hydroxyl groups excluding tert-OH is 1. The number of ketones is 1. The lowest BCUT2D eigenvalue weighted by atomic mass is 9.95. The van der Waals surface area contributed by atoms with Crippen LogP contribution in [-0.4, -0.2) is 60.9 Å². The molecule has 158 valence electrons. The monoisotopic (exact) mass is 412 g/mol. The standard InChI is InChI=1S/C23H25FN2O4/c1-25(2)12-5-13-26-20(15-8-10-17(24)11-9-15)19(22(28)23(26)29)21(27)16-6-4-7-18(14-16)30-3/h4,6-11,14,20,27H,5,12-13H2,1-3H3. The van der Waals surface area contributed by atoms with Crippen LogP contribution in [-0.2, 0) is 9.59 Å². The van der Waals surface area contributed by atoms with Crippen LogP contribution in [0.2, 0.25) is 0 Å². The van der Waals surface area contributed by atoms with Gasteiger partial charge in [-0.15, -0.1) is 0 Å². The van der Waals surface area contributed by atoms with Crippen LogP contribution in [0, 0.1) is 5.82 Å². The van der Waals surface area contributed by atoms with Crippen molar-refractivity contribution in [2.75, 3.05) is 34.3 Å². The summed E-state index contributed by atoms with van der Waals surface area (Å²) < 4.78 is 18.7. The van der Waals surface area contributed by atoms with Crippen molar-refractivity contribution in [2.24, 2.45) is 0 Å². The summed E-state index contributed by atoms with van der Waals surface area (Å²) in [5.74, 6) is -1.62. The number of nitrogens with zero attached hydrogens (tertiary/aromatic N) is 2. The first kappa shape index (κ1) is 21.5. The second kappa shape index (κ2) is 9.09. The van der Waals surface area contributed by atoms with Gasteiger partial charge in [-0.05, 0) is 56.9 Å². The number of ether oxygens (including phenoxy) is 1. The smallest absolute Gasteiger partial charge is 0.295 e. The summed E-state index contributed by atoms with van der Waals surface area (Å²) in [6, 6.07) is 11.5. The molecular weight excluding hydrogens is 387 g/mol. The van der Waals surface area contributed by atoms with Crippen LogP contribution in [0.5, 0.6) is 5.75 Å². The van der Waals surface area contributed by atoms with E-state index in [2.05, 4.69) is 0 Å². The second-order valence-electron chi connectivity index (χ2n) is 7.43. The minimum atomic E-state index is -0.793. The largest absolute Gasteiger partial charge is 0.507 e. The van der Waals surface area contributed by atoms with E-state index in [-0.39, 0.29) is 11.3 Å². The van der Waals surface area contributed by atoms with Gasteiger partial charge in [0.2, 0.25) is 0 Å². The first-order valence-corrected chi connectivity index (χ1v) is 9.66. The fourth-order valence-electron chi connectivity index (χ4n) is 3.59. The lowest BCUT2D eigenvalue weighted by Crippen LogP contribution is -2.32.